The molecular weight excluding hydrogens is 264 g/mol. The van der Waals surface area contributed by atoms with E-state index in [0.29, 0.717) is 5.56 Å². The Kier molecular flexibility index (Phi) is 2.60. The van der Waals surface area contributed by atoms with Crippen molar-refractivity contribution in [3.05, 3.63) is 71.6 Å². The number of anilines is 1. The minimum absolute atomic E-state index is 0.216. The first-order valence-corrected chi connectivity index (χ1v) is 6.73. The second kappa shape index (κ2) is 4.59. The number of fused-ring (bicyclic) bond motifs is 3. The van der Waals surface area contributed by atoms with Gasteiger partial charge < -0.3 is 9.84 Å². The molecule has 1 heterocycles. The molecule has 4 nitrogen and oxygen atoms in total. The van der Waals surface area contributed by atoms with Gasteiger partial charge in [0.2, 0.25) is 0 Å². The summed E-state index contributed by atoms with van der Waals surface area (Å²) in [6.07, 6.45) is 3.64. The number of aromatic nitrogens is 1. The van der Waals surface area contributed by atoms with E-state index < -0.39 is 0 Å². The molecule has 1 aliphatic carbocycles. The van der Waals surface area contributed by atoms with Crippen molar-refractivity contribution < 1.29 is 9.32 Å². The van der Waals surface area contributed by atoms with E-state index in [4.69, 9.17) is 0 Å². The van der Waals surface area contributed by atoms with Gasteiger partial charge in [-0.15, -0.1) is 0 Å². The van der Waals surface area contributed by atoms with Gasteiger partial charge in [0.15, 0.2) is 0 Å². The lowest BCUT2D eigenvalue weighted by molar-refractivity contribution is 0.102. The summed E-state index contributed by atoms with van der Waals surface area (Å²) in [5.74, 6) is -0.216. The van der Waals surface area contributed by atoms with Gasteiger partial charge in [0.25, 0.3) is 5.91 Å². The highest BCUT2D eigenvalue weighted by molar-refractivity contribution is 6.04. The normalized spacial score (nSPS) is 11.8. The van der Waals surface area contributed by atoms with Crippen LogP contribution in [0.2, 0.25) is 0 Å². The lowest BCUT2D eigenvalue weighted by Crippen LogP contribution is -2.10. The minimum atomic E-state index is -0.216. The fourth-order valence-corrected chi connectivity index (χ4v) is 2.74. The van der Waals surface area contributed by atoms with Crippen molar-refractivity contribution in [1.29, 1.82) is 0 Å². The largest absolute Gasteiger partial charge is 0.364 e. The van der Waals surface area contributed by atoms with Crippen LogP contribution < -0.4 is 5.32 Å². The average molecular weight is 276 g/mol. The van der Waals surface area contributed by atoms with Gasteiger partial charge in [0.1, 0.15) is 6.26 Å². The maximum absolute atomic E-state index is 12.0. The molecule has 102 valence electrons. The van der Waals surface area contributed by atoms with Crippen LogP contribution >= 0.6 is 0 Å². The molecule has 1 N–H and O–H groups in total. The topological polar surface area (TPSA) is 55.1 Å². The predicted molar refractivity (Wildman–Crippen MR) is 79.1 cm³/mol. The molecule has 2 aromatic carbocycles. The molecule has 0 saturated heterocycles. The third-order valence-electron chi connectivity index (χ3n) is 3.75. The second-order valence-electron chi connectivity index (χ2n) is 5.07. The number of benzene rings is 2. The second-order valence-corrected chi connectivity index (χ2v) is 5.07. The van der Waals surface area contributed by atoms with Crippen LogP contribution in [0, 0.1) is 0 Å². The fourth-order valence-electron chi connectivity index (χ4n) is 2.74. The van der Waals surface area contributed by atoms with Crippen LogP contribution in [-0.4, -0.2) is 11.1 Å². The van der Waals surface area contributed by atoms with Gasteiger partial charge in [0, 0.05) is 5.69 Å². The van der Waals surface area contributed by atoms with Gasteiger partial charge in [-0.25, -0.2) is 0 Å². The molecule has 0 atom stereocenters. The number of nitrogens with one attached hydrogen (secondary N) is 1. The van der Waals surface area contributed by atoms with Crippen molar-refractivity contribution in [2.75, 3.05) is 5.32 Å². The monoisotopic (exact) mass is 276 g/mol. The molecule has 1 amide bonds. The molecule has 1 aliphatic rings. The molecule has 0 unspecified atom stereocenters. The first-order chi connectivity index (χ1) is 10.3. The molecule has 0 radical (unpaired) electrons. The van der Waals surface area contributed by atoms with E-state index >= 15 is 0 Å². The molecule has 3 aromatic rings. The Labute approximate surface area is 121 Å². The van der Waals surface area contributed by atoms with Crippen LogP contribution in [0.5, 0.6) is 0 Å². The van der Waals surface area contributed by atoms with Gasteiger partial charge in [-0.3, -0.25) is 4.79 Å². The molecule has 21 heavy (non-hydrogen) atoms. The van der Waals surface area contributed by atoms with Crippen molar-refractivity contribution >= 4 is 11.6 Å². The number of rotatable bonds is 2. The summed E-state index contributed by atoms with van der Waals surface area (Å²) in [4.78, 5) is 12.0. The molecule has 4 rings (SSSR count). The summed E-state index contributed by atoms with van der Waals surface area (Å²) in [5.41, 5.74) is 6.29. The number of amides is 1. The smallest absolute Gasteiger partial charge is 0.260 e. The zero-order valence-corrected chi connectivity index (χ0v) is 11.2. The van der Waals surface area contributed by atoms with Crippen LogP contribution in [-0.2, 0) is 6.42 Å². The van der Waals surface area contributed by atoms with E-state index in [2.05, 4.69) is 45.3 Å². The third-order valence-corrected chi connectivity index (χ3v) is 3.75. The number of nitrogens with zero attached hydrogens (tertiary/aromatic N) is 1. The van der Waals surface area contributed by atoms with Crippen LogP contribution in [0.15, 0.2) is 59.4 Å². The number of hydrogen-bond acceptors (Lipinski definition) is 3. The van der Waals surface area contributed by atoms with Gasteiger partial charge in [0.05, 0.1) is 11.8 Å². The number of carbonyl (C=O) groups excluding carboxylic acids is 1. The first kappa shape index (κ1) is 11.9. The van der Waals surface area contributed by atoms with E-state index in [9.17, 15) is 4.79 Å². The maximum Gasteiger partial charge on any atom is 0.260 e. The molecule has 0 saturated carbocycles. The first-order valence-electron chi connectivity index (χ1n) is 6.73. The Morgan fingerprint density at radius 3 is 2.81 bits per heavy atom. The van der Waals surface area contributed by atoms with Crippen LogP contribution in [0.3, 0.4) is 0 Å². The Hall–Kier alpha value is -2.88. The van der Waals surface area contributed by atoms with Crippen molar-refractivity contribution in [3.8, 4) is 11.1 Å². The standard InChI is InChI=1S/C17H12N2O2/c20-17(13-9-18-21-10-13)19-14-5-6-16-12(8-14)7-11-3-1-2-4-15(11)16/h1-6,8-10H,7H2,(H,19,20). The summed E-state index contributed by atoms with van der Waals surface area (Å²) in [6.45, 7) is 0. The van der Waals surface area contributed by atoms with Gasteiger partial charge in [-0.05, 0) is 40.8 Å². The van der Waals surface area contributed by atoms with Crippen LogP contribution in [0.1, 0.15) is 21.5 Å². The zero-order valence-electron chi connectivity index (χ0n) is 11.2. The summed E-state index contributed by atoms with van der Waals surface area (Å²) in [7, 11) is 0. The van der Waals surface area contributed by atoms with Crippen molar-refractivity contribution in [2.45, 2.75) is 6.42 Å². The summed E-state index contributed by atoms with van der Waals surface area (Å²) < 4.78 is 4.68. The molecule has 0 fully saturated rings. The average Bonchev–Trinajstić information content (AvgIpc) is 3.14. The van der Waals surface area contributed by atoms with Crippen LogP contribution in [0.25, 0.3) is 11.1 Å². The maximum atomic E-state index is 12.0. The van der Waals surface area contributed by atoms with E-state index in [1.54, 1.807) is 0 Å². The highest BCUT2D eigenvalue weighted by atomic mass is 16.5. The van der Waals surface area contributed by atoms with Gasteiger partial charge in [-0.2, -0.15) is 0 Å². The third kappa shape index (κ3) is 2.01. The summed E-state index contributed by atoms with van der Waals surface area (Å²) in [6, 6.07) is 14.4. The quantitative estimate of drug-likeness (QED) is 0.609. The van der Waals surface area contributed by atoms with Gasteiger partial charge in [-0.1, -0.05) is 35.5 Å². The molecule has 1 aromatic heterocycles. The predicted octanol–water partition coefficient (Wildman–Crippen LogP) is 3.50. The Morgan fingerprint density at radius 2 is 1.95 bits per heavy atom. The molecule has 0 spiro atoms. The van der Waals surface area contributed by atoms with E-state index in [1.807, 2.05) is 12.1 Å². The molecular formula is C17H12N2O2. The summed E-state index contributed by atoms with van der Waals surface area (Å²) >= 11 is 0. The number of carbonyl (C=O) groups is 1. The SMILES string of the molecule is O=C(Nc1ccc2c(c1)Cc1ccccc1-2)c1cnoc1. The highest BCUT2D eigenvalue weighted by Gasteiger charge is 2.18. The van der Waals surface area contributed by atoms with Crippen LogP contribution in [0.4, 0.5) is 5.69 Å². The van der Waals surface area contributed by atoms with Crippen molar-refractivity contribution in [2.24, 2.45) is 0 Å². The molecule has 0 aliphatic heterocycles. The van der Waals surface area contributed by atoms with E-state index in [1.165, 1.54) is 34.7 Å². The highest BCUT2D eigenvalue weighted by Crippen LogP contribution is 2.37. The Morgan fingerprint density at radius 1 is 1.10 bits per heavy atom. The van der Waals surface area contributed by atoms with Gasteiger partial charge >= 0.3 is 0 Å². The molecule has 0 bridgehead atoms. The van der Waals surface area contributed by atoms with E-state index in [0.717, 1.165) is 12.1 Å². The molecule has 4 heteroatoms. The fraction of sp³-hybridized carbons (Fsp3) is 0.0588. The Bertz CT molecular complexity index is 823. The lowest BCUT2D eigenvalue weighted by atomic mass is 10.1. The summed E-state index contributed by atoms with van der Waals surface area (Å²) in [5, 5.41) is 6.40. The number of hydrogen-bond donors (Lipinski definition) is 1. The lowest BCUT2D eigenvalue weighted by Gasteiger charge is -2.06. The van der Waals surface area contributed by atoms with Crippen molar-refractivity contribution in [1.82, 2.24) is 5.16 Å². The zero-order chi connectivity index (χ0) is 14.2. The Balaban J connectivity index is 1.63. The minimum Gasteiger partial charge on any atom is -0.364 e. The van der Waals surface area contributed by atoms with Crippen molar-refractivity contribution in [3.63, 3.8) is 0 Å². The van der Waals surface area contributed by atoms with E-state index in [-0.39, 0.29) is 5.91 Å².